The predicted molar refractivity (Wildman–Crippen MR) is 88.0 cm³/mol. The highest BCUT2D eigenvalue weighted by molar-refractivity contribution is 5.96. The fourth-order valence-electron chi connectivity index (χ4n) is 3.54. The molecule has 2 fully saturated rings. The SMILES string of the molecule is CC1CCN(C(=O)c2ccc(OC3CCCC3)nc2)C(C(=O)O)C1. The van der Waals surface area contributed by atoms with Gasteiger partial charge in [0.25, 0.3) is 5.91 Å². The van der Waals surface area contributed by atoms with E-state index >= 15 is 0 Å². The maximum Gasteiger partial charge on any atom is 0.326 e. The summed E-state index contributed by atoms with van der Waals surface area (Å²) < 4.78 is 5.80. The van der Waals surface area contributed by atoms with Crippen LogP contribution < -0.4 is 4.74 Å². The number of carboxylic acid groups (broad SMARTS) is 1. The topological polar surface area (TPSA) is 79.7 Å². The van der Waals surface area contributed by atoms with Gasteiger partial charge in [0.15, 0.2) is 0 Å². The van der Waals surface area contributed by atoms with Gasteiger partial charge in [-0.05, 0) is 50.5 Å². The molecule has 6 heteroatoms. The smallest absolute Gasteiger partial charge is 0.326 e. The van der Waals surface area contributed by atoms with Crippen LogP contribution in [0.3, 0.4) is 0 Å². The first-order valence-corrected chi connectivity index (χ1v) is 8.71. The Labute approximate surface area is 141 Å². The summed E-state index contributed by atoms with van der Waals surface area (Å²) in [5.74, 6) is -0.366. The minimum absolute atomic E-state index is 0.221. The summed E-state index contributed by atoms with van der Waals surface area (Å²) in [6.45, 7) is 2.49. The van der Waals surface area contributed by atoms with Crippen molar-refractivity contribution in [2.45, 2.75) is 57.6 Å². The second-order valence-electron chi connectivity index (χ2n) is 6.89. The predicted octanol–water partition coefficient (Wildman–Crippen LogP) is 2.73. The van der Waals surface area contributed by atoms with Gasteiger partial charge in [-0.2, -0.15) is 0 Å². The van der Waals surface area contributed by atoms with E-state index in [1.54, 1.807) is 12.1 Å². The molecule has 2 atom stereocenters. The van der Waals surface area contributed by atoms with E-state index in [0.29, 0.717) is 30.3 Å². The van der Waals surface area contributed by atoms with Crippen LogP contribution in [0.25, 0.3) is 0 Å². The van der Waals surface area contributed by atoms with Crippen molar-refractivity contribution in [1.29, 1.82) is 0 Å². The highest BCUT2D eigenvalue weighted by Crippen LogP contribution is 2.26. The number of amides is 1. The lowest BCUT2D eigenvalue weighted by atomic mass is 9.92. The summed E-state index contributed by atoms with van der Waals surface area (Å²) in [7, 11) is 0. The summed E-state index contributed by atoms with van der Waals surface area (Å²) in [5, 5.41) is 9.40. The molecule has 0 aromatic carbocycles. The molecule has 1 amide bonds. The number of pyridine rings is 1. The van der Waals surface area contributed by atoms with Crippen molar-refractivity contribution in [3.05, 3.63) is 23.9 Å². The Kier molecular flexibility index (Phi) is 5.02. The molecule has 1 aliphatic heterocycles. The van der Waals surface area contributed by atoms with Crippen molar-refractivity contribution >= 4 is 11.9 Å². The molecule has 1 aromatic heterocycles. The lowest BCUT2D eigenvalue weighted by molar-refractivity contribution is -0.144. The van der Waals surface area contributed by atoms with Gasteiger partial charge >= 0.3 is 5.97 Å². The molecule has 24 heavy (non-hydrogen) atoms. The maximum atomic E-state index is 12.7. The van der Waals surface area contributed by atoms with Gasteiger partial charge in [0.2, 0.25) is 5.88 Å². The minimum Gasteiger partial charge on any atom is -0.480 e. The van der Waals surface area contributed by atoms with Crippen LogP contribution in [-0.2, 0) is 4.79 Å². The minimum atomic E-state index is -0.941. The first-order valence-electron chi connectivity index (χ1n) is 8.71. The van der Waals surface area contributed by atoms with Crippen LogP contribution in [0.4, 0.5) is 0 Å². The molecule has 2 aliphatic rings. The largest absolute Gasteiger partial charge is 0.480 e. The fraction of sp³-hybridized carbons (Fsp3) is 0.611. The molecule has 0 radical (unpaired) electrons. The molecule has 1 aromatic rings. The van der Waals surface area contributed by atoms with E-state index in [1.807, 2.05) is 6.92 Å². The van der Waals surface area contributed by atoms with Crippen molar-refractivity contribution in [2.24, 2.45) is 5.92 Å². The van der Waals surface area contributed by atoms with Crippen LogP contribution >= 0.6 is 0 Å². The average molecular weight is 332 g/mol. The van der Waals surface area contributed by atoms with E-state index in [9.17, 15) is 14.7 Å². The van der Waals surface area contributed by atoms with Crippen molar-refractivity contribution in [3.63, 3.8) is 0 Å². The van der Waals surface area contributed by atoms with E-state index in [4.69, 9.17) is 4.74 Å². The highest BCUT2D eigenvalue weighted by Gasteiger charge is 2.35. The first kappa shape index (κ1) is 16.7. The second kappa shape index (κ2) is 7.20. The molecule has 3 rings (SSSR count). The highest BCUT2D eigenvalue weighted by atomic mass is 16.5. The molecule has 2 heterocycles. The first-order chi connectivity index (χ1) is 11.5. The number of carbonyl (C=O) groups is 2. The summed E-state index contributed by atoms with van der Waals surface area (Å²) in [6.07, 6.45) is 7.51. The lowest BCUT2D eigenvalue weighted by Crippen LogP contribution is -2.49. The number of aliphatic carboxylic acids is 1. The summed E-state index contributed by atoms with van der Waals surface area (Å²) in [4.78, 5) is 29.8. The molecule has 1 saturated carbocycles. The van der Waals surface area contributed by atoms with Gasteiger partial charge in [-0.1, -0.05) is 6.92 Å². The number of piperidine rings is 1. The van der Waals surface area contributed by atoms with E-state index in [0.717, 1.165) is 19.3 Å². The van der Waals surface area contributed by atoms with Crippen LogP contribution in [-0.4, -0.2) is 45.6 Å². The zero-order valence-corrected chi connectivity index (χ0v) is 14.0. The Balaban J connectivity index is 1.68. The molecule has 1 aliphatic carbocycles. The molecule has 0 spiro atoms. The molecule has 0 bridgehead atoms. The maximum absolute atomic E-state index is 12.7. The third-order valence-electron chi connectivity index (χ3n) is 4.98. The molecule has 130 valence electrons. The second-order valence-corrected chi connectivity index (χ2v) is 6.89. The van der Waals surface area contributed by atoms with E-state index < -0.39 is 12.0 Å². The Morgan fingerprint density at radius 2 is 2.00 bits per heavy atom. The van der Waals surface area contributed by atoms with Crippen molar-refractivity contribution in [2.75, 3.05) is 6.54 Å². The number of likely N-dealkylation sites (tertiary alicyclic amines) is 1. The van der Waals surface area contributed by atoms with Gasteiger partial charge in [-0.25, -0.2) is 9.78 Å². The number of nitrogens with zero attached hydrogens (tertiary/aromatic N) is 2. The summed E-state index contributed by atoms with van der Waals surface area (Å²) in [5.41, 5.74) is 0.412. The Hall–Kier alpha value is -2.11. The quantitative estimate of drug-likeness (QED) is 0.917. The molecule has 2 unspecified atom stereocenters. The normalized spacial score (nSPS) is 24.8. The van der Waals surface area contributed by atoms with Gasteiger partial charge in [0.1, 0.15) is 12.1 Å². The molecule has 6 nitrogen and oxygen atoms in total. The fourth-order valence-corrected chi connectivity index (χ4v) is 3.54. The van der Waals surface area contributed by atoms with E-state index in [1.165, 1.54) is 23.9 Å². The van der Waals surface area contributed by atoms with Crippen molar-refractivity contribution in [1.82, 2.24) is 9.88 Å². The third kappa shape index (κ3) is 3.68. The van der Waals surface area contributed by atoms with Gasteiger partial charge in [0.05, 0.1) is 5.56 Å². The lowest BCUT2D eigenvalue weighted by Gasteiger charge is -2.36. The number of hydrogen-bond acceptors (Lipinski definition) is 4. The molecular formula is C18H24N2O4. The van der Waals surface area contributed by atoms with E-state index in [2.05, 4.69) is 4.98 Å². The van der Waals surface area contributed by atoms with E-state index in [-0.39, 0.29) is 12.0 Å². The van der Waals surface area contributed by atoms with Crippen molar-refractivity contribution < 1.29 is 19.4 Å². The monoisotopic (exact) mass is 332 g/mol. The Morgan fingerprint density at radius 3 is 2.62 bits per heavy atom. The number of aromatic nitrogens is 1. The number of carboxylic acids is 1. The number of hydrogen-bond donors (Lipinski definition) is 1. The van der Waals surface area contributed by atoms with Crippen molar-refractivity contribution in [3.8, 4) is 5.88 Å². The Morgan fingerprint density at radius 1 is 1.25 bits per heavy atom. The van der Waals surface area contributed by atoms with Crippen LogP contribution in [0.2, 0.25) is 0 Å². The van der Waals surface area contributed by atoms with Gasteiger partial charge < -0.3 is 14.7 Å². The molecule has 1 N–H and O–H groups in total. The third-order valence-corrected chi connectivity index (χ3v) is 4.98. The molecule has 1 saturated heterocycles. The number of carbonyl (C=O) groups excluding carboxylic acids is 1. The average Bonchev–Trinajstić information content (AvgIpc) is 3.08. The molecular weight excluding hydrogens is 308 g/mol. The van der Waals surface area contributed by atoms with Gasteiger partial charge in [0, 0.05) is 18.8 Å². The number of ether oxygens (including phenoxy) is 1. The van der Waals surface area contributed by atoms with Crippen LogP contribution in [0.15, 0.2) is 18.3 Å². The van der Waals surface area contributed by atoms with Crippen LogP contribution in [0, 0.1) is 5.92 Å². The Bertz CT molecular complexity index is 596. The zero-order chi connectivity index (χ0) is 17.1. The van der Waals surface area contributed by atoms with Gasteiger partial charge in [-0.15, -0.1) is 0 Å². The zero-order valence-electron chi connectivity index (χ0n) is 14.0. The summed E-state index contributed by atoms with van der Waals surface area (Å²) in [6, 6.07) is 2.63. The standard InChI is InChI=1S/C18H24N2O4/c1-12-8-9-20(15(10-12)18(22)23)17(21)13-6-7-16(19-11-13)24-14-4-2-3-5-14/h6-7,11-12,14-15H,2-5,8-10H2,1H3,(H,22,23). The number of rotatable bonds is 4. The van der Waals surface area contributed by atoms with Crippen LogP contribution in [0.1, 0.15) is 55.8 Å². The van der Waals surface area contributed by atoms with Crippen LogP contribution in [0.5, 0.6) is 5.88 Å². The summed E-state index contributed by atoms with van der Waals surface area (Å²) >= 11 is 0. The van der Waals surface area contributed by atoms with Gasteiger partial charge in [-0.3, -0.25) is 4.79 Å².